The Bertz CT molecular complexity index is 498. The molecule has 0 spiro atoms. The highest BCUT2D eigenvalue weighted by Gasteiger charge is 2.27. The molecular formula is C16H25N3O2. The zero-order chi connectivity index (χ0) is 15.2. The summed E-state index contributed by atoms with van der Waals surface area (Å²) in [5.74, 6) is 2.19. The third-order valence-electron chi connectivity index (χ3n) is 3.80. The van der Waals surface area contributed by atoms with E-state index in [4.69, 9.17) is 15.2 Å². The van der Waals surface area contributed by atoms with Crippen LogP contribution in [0.2, 0.25) is 0 Å². The molecule has 0 aliphatic heterocycles. The van der Waals surface area contributed by atoms with Crippen molar-refractivity contribution < 1.29 is 9.47 Å². The molecule has 5 heteroatoms. The zero-order valence-corrected chi connectivity index (χ0v) is 13.1. The number of methoxy groups -OCH3 is 2. The van der Waals surface area contributed by atoms with Gasteiger partial charge in [0.1, 0.15) is 0 Å². The van der Waals surface area contributed by atoms with Gasteiger partial charge in [-0.25, -0.2) is 0 Å². The van der Waals surface area contributed by atoms with Crippen LogP contribution in [-0.4, -0.2) is 44.7 Å². The minimum Gasteiger partial charge on any atom is -0.493 e. The fourth-order valence-corrected chi connectivity index (χ4v) is 2.27. The lowest BCUT2D eigenvalue weighted by molar-refractivity contribution is 0.354. The number of nitrogens with zero attached hydrogens (tertiary/aromatic N) is 2. The van der Waals surface area contributed by atoms with E-state index >= 15 is 0 Å². The smallest absolute Gasteiger partial charge is 0.191 e. The molecule has 0 aromatic heterocycles. The second-order valence-electron chi connectivity index (χ2n) is 5.37. The third kappa shape index (κ3) is 4.28. The van der Waals surface area contributed by atoms with Crippen LogP contribution in [0.5, 0.6) is 11.5 Å². The number of aryl methyl sites for hydroxylation is 1. The summed E-state index contributed by atoms with van der Waals surface area (Å²) >= 11 is 0. The standard InChI is InChI=1S/C16H25N3O2/c1-19(13-7-8-13)16(17)18-10-4-5-12-6-9-14(20-2)15(11-12)21-3/h6,9,11,13H,4-5,7-8,10H2,1-3H3,(H2,17,18). The predicted octanol–water partition coefficient (Wildman–Crippen LogP) is 2.05. The first-order valence-electron chi connectivity index (χ1n) is 7.39. The molecule has 116 valence electrons. The van der Waals surface area contributed by atoms with Crippen molar-refractivity contribution >= 4 is 5.96 Å². The van der Waals surface area contributed by atoms with Gasteiger partial charge in [0, 0.05) is 19.6 Å². The average molecular weight is 291 g/mol. The van der Waals surface area contributed by atoms with Crippen LogP contribution in [0, 0.1) is 0 Å². The number of hydrogen-bond donors (Lipinski definition) is 1. The molecule has 1 aromatic carbocycles. The lowest BCUT2D eigenvalue weighted by atomic mass is 10.1. The number of rotatable bonds is 7. The van der Waals surface area contributed by atoms with Crippen LogP contribution in [0.3, 0.4) is 0 Å². The van der Waals surface area contributed by atoms with Crippen molar-refractivity contribution in [3.63, 3.8) is 0 Å². The fraction of sp³-hybridized carbons (Fsp3) is 0.562. The molecule has 21 heavy (non-hydrogen) atoms. The van der Waals surface area contributed by atoms with Gasteiger partial charge in [-0.2, -0.15) is 0 Å². The maximum atomic E-state index is 5.96. The van der Waals surface area contributed by atoms with Crippen molar-refractivity contribution in [2.75, 3.05) is 27.8 Å². The third-order valence-corrected chi connectivity index (χ3v) is 3.80. The van der Waals surface area contributed by atoms with Crippen LogP contribution in [0.25, 0.3) is 0 Å². The molecule has 0 atom stereocenters. The SMILES string of the molecule is COc1ccc(CCCN=C(N)N(C)C2CC2)cc1OC. The van der Waals surface area contributed by atoms with E-state index in [0.717, 1.165) is 30.9 Å². The second kappa shape index (κ2) is 7.20. The molecule has 1 aliphatic rings. The van der Waals surface area contributed by atoms with Gasteiger partial charge < -0.3 is 20.1 Å². The summed E-state index contributed by atoms with van der Waals surface area (Å²) < 4.78 is 10.5. The zero-order valence-electron chi connectivity index (χ0n) is 13.1. The van der Waals surface area contributed by atoms with Gasteiger partial charge in [-0.1, -0.05) is 6.07 Å². The van der Waals surface area contributed by atoms with Gasteiger partial charge in [-0.05, 0) is 43.4 Å². The summed E-state index contributed by atoms with van der Waals surface area (Å²) in [6.07, 6.45) is 4.38. The molecule has 0 unspecified atom stereocenters. The Balaban J connectivity index is 1.81. The molecule has 1 fully saturated rings. The predicted molar refractivity (Wildman–Crippen MR) is 85.1 cm³/mol. The molecule has 1 saturated carbocycles. The normalized spacial score (nSPS) is 14.9. The number of hydrogen-bond acceptors (Lipinski definition) is 3. The van der Waals surface area contributed by atoms with E-state index in [1.807, 2.05) is 19.2 Å². The van der Waals surface area contributed by atoms with Crippen molar-refractivity contribution in [2.24, 2.45) is 10.7 Å². The molecule has 2 N–H and O–H groups in total. The minimum absolute atomic E-state index is 0.611. The summed E-state index contributed by atoms with van der Waals surface area (Å²) in [5, 5.41) is 0. The second-order valence-corrected chi connectivity index (χ2v) is 5.37. The quantitative estimate of drug-likeness (QED) is 0.474. The highest BCUT2D eigenvalue weighted by atomic mass is 16.5. The van der Waals surface area contributed by atoms with Gasteiger partial charge in [-0.3, -0.25) is 4.99 Å². The molecule has 2 rings (SSSR count). The highest BCUT2D eigenvalue weighted by Crippen LogP contribution is 2.28. The van der Waals surface area contributed by atoms with Crippen molar-refractivity contribution in [2.45, 2.75) is 31.7 Å². The molecule has 0 heterocycles. The van der Waals surface area contributed by atoms with E-state index < -0.39 is 0 Å². The lowest BCUT2D eigenvalue weighted by Crippen LogP contribution is -2.35. The van der Waals surface area contributed by atoms with E-state index in [9.17, 15) is 0 Å². The van der Waals surface area contributed by atoms with E-state index in [1.165, 1.54) is 18.4 Å². The number of benzene rings is 1. The summed E-state index contributed by atoms with van der Waals surface area (Å²) in [4.78, 5) is 6.52. The number of aliphatic imine (C=N–C) groups is 1. The maximum absolute atomic E-state index is 5.96. The van der Waals surface area contributed by atoms with Gasteiger partial charge in [0.2, 0.25) is 0 Å². The summed E-state index contributed by atoms with van der Waals surface area (Å²) in [6, 6.07) is 6.62. The van der Waals surface area contributed by atoms with Crippen LogP contribution in [-0.2, 0) is 6.42 Å². The first-order chi connectivity index (χ1) is 10.2. The molecule has 1 aliphatic carbocycles. The summed E-state index contributed by atoms with van der Waals surface area (Å²) in [6.45, 7) is 0.747. The van der Waals surface area contributed by atoms with Crippen LogP contribution >= 0.6 is 0 Å². The van der Waals surface area contributed by atoms with Crippen molar-refractivity contribution in [1.82, 2.24) is 4.90 Å². The van der Waals surface area contributed by atoms with Crippen LogP contribution < -0.4 is 15.2 Å². The Morgan fingerprint density at radius 3 is 2.62 bits per heavy atom. The van der Waals surface area contributed by atoms with Gasteiger partial charge in [0.25, 0.3) is 0 Å². The topological polar surface area (TPSA) is 60.1 Å². The molecule has 5 nitrogen and oxygen atoms in total. The molecule has 0 saturated heterocycles. The van der Waals surface area contributed by atoms with E-state index in [0.29, 0.717) is 12.0 Å². The Kier molecular flexibility index (Phi) is 5.31. The van der Waals surface area contributed by atoms with Crippen molar-refractivity contribution in [1.29, 1.82) is 0 Å². The number of nitrogens with two attached hydrogens (primary N) is 1. The first-order valence-corrected chi connectivity index (χ1v) is 7.39. The van der Waals surface area contributed by atoms with Gasteiger partial charge in [-0.15, -0.1) is 0 Å². The minimum atomic E-state index is 0.611. The van der Waals surface area contributed by atoms with Crippen LogP contribution in [0.15, 0.2) is 23.2 Å². The molecule has 1 aromatic rings. The molecular weight excluding hydrogens is 266 g/mol. The lowest BCUT2D eigenvalue weighted by Gasteiger charge is -2.16. The van der Waals surface area contributed by atoms with E-state index in [2.05, 4.69) is 16.0 Å². The average Bonchev–Trinajstić information content (AvgIpc) is 3.35. The number of ether oxygens (including phenoxy) is 2. The molecule has 0 radical (unpaired) electrons. The van der Waals surface area contributed by atoms with Gasteiger partial charge in [0.15, 0.2) is 17.5 Å². The molecule has 0 amide bonds. The van der Waals surface area contributed by atoms with Crippen LogP contribution in [0.4, 0.5) is 0 Å². The Morgan fingerprint density at radius 1 is 1.29 bits per heavy atom. The van der Waals surface area contributed by atoms with E-state index in [-0.39, 0.29) is 0 Å². The van der Waals surface area contributed by atoms with Gasteiger partial charge >= 0.3 is 0 Å². The fourth-order valence-electron chi connectivity index (χ4n) is 2.27. The van der Waals surface area contributed by atoms with Crippen molar-refractivity contribution in [3.8, 4) is 11.5 Å². The first kappa shape index (κ1) is 15.5. The van der Waals surface area contributed by atoms with Crippen molar-refractivity contribution in [3.05, 3.63) is 23.8 Å². The Morgan fingerprint density at radius 2 is 2.00 bits per heavy atom. The maximum Gasteiger partial charge on any atom is 0.191 e. The number of guanidine groups is 1. The highest BCUT2D eigenvalue weighted by molar-refractivity contribution is 5.78. The van der Waals surface area contributed by atoms with E-state index in [1.54, 1.807) is 14.2 Å². The largest absolute Gasteiger partial charge is 0.493 e. The Hall–Kier alpha value is -1.91. The van der Waals surface area contributed by atoms with Gasteiger partial charge in [0.05, 0.1) is 14.2 Å². The Labute approximate surface area is 126 Å². The summed E-state index contributed by atoms with van der Waals surface area (Å²) in [7, 11) is 5.32. The molecule has 0 bridgehead atoms. The summed E-state index contributed by atoms with van der Waals surface area (Å²) in [5.41, 5.74) is 7.18. The van der Waals surface area contributed by atoms with Crippen LogP contribution in [0.1, 0.15) is 24.8 Å². The monoisotopic (exact) mass is 291 g/mol.